The van der Waals surface area contributed by atoms with E-state index < -0.39 is 12.2 Å². The summed E-state index contributed by atoms with van der Waals surface area (Å²) in [6, 6.07) is 0. The molecule has 0 bridgehead atoms. The highest BCUT2D eigenvalue weighted by molar-refractivity contribution is 4.44. The van der Waals surface area contributed by atoms with E-state index >= 15 is 0 Å². The lowest BCUT2D eigenvalue weighted by Gasteiger charge is -2.06. The fourth-order valence-corrected chi connectivity index (χ4v) is 0.409. The Kier molecular flexibility index (Phi) is 13.0. The van der Waals surface area contributed by atoms with Gasteiger partial charge in [-0.2, -0.15) is 0 Å². The van der Waals surface area contributed by atoms with Gasteiger partial charge in [0.05, 0.1) is 25.4 Å². The number of aliphatic hydroxyl groups excluding tert-OH is 2. The normalized spacial score (nSPS) is 14.5. The number of hydrogen-bond acceptors (Lipinski definition) is 4. The van der Waals surface area contributed by atoms with E-state index in [-0.39, 0.29) is 0 Å². The van der Waals surface area contributed by atoms with Crippen LogP contribution in [0.3, 0.4) is 0 Å². The maximum Gasteiger partial charge on any atom is 0.0745 e. The molecule has 76 valence electrons. The zero-order valence-electron chi connectivity index (χ0n) is 8.28. The van der Waals surface area contributed by atoms with Gasteiger partial charge in [-0.3, -0.25) is 0 Å². The van der Waals surface area contributed by atoms with Crippen molar-refractivity contribution in [1.29, 1.82) is 0 Å². The quantitative estimate of drug-likeness (QED) is 0.640. The van der Waals surface area contributed by atoms with Crippen molar-refractivity contribution in [3.8, 4) is 0 Å². The van der Waals surface area contributed by atoms with Crippen LogP contribution in [0.4, 0.5) is 0 Å². The van der Waals surface area contributed by atoms with Crippen LogP contribution in [0.5, 0.6) is 0 Å². The van der Waals surface area contributed by atoms with E-state index in [9.17, 15) is 0 Å². The van der Waals surface area contributed by atoms with E-state index in [1.807, 2.05) is 0 Å². The van der Waals surface area contributed by atoms with Crippen LogP contribution < -0.4 is 0 Å². The molecule has 2 N–H and O–H groups in total. The van der Waals surface area contributed by atoms with Gasteiger partial charge in [-0.15, -0.1) is 0 Å². The first kappa shape index (κ1) is 14.4. The van der Waals surface area contributed by atoms with Gasteiger partial charge in [-0.05, 0) is 13.8 Å². The molecule has 0 amide bonds. The molecule has 2 atom stereocenters. The molecule has 0 aliphatic rings. The fraction of sp³-hybridized carbons (Fsp3) is 1.00. The smallest absolute Gasteiger partial charge is 0.0745 e. The number of ether oxygens (including phenoxy) is 2. The molecule has 2 unspecified atom stereocenters. The first-order chi connectivity index (χ1) is 5.54. The van der Waals surface area contributed by atoms with Gasteiger partial charge < -0.3 is 19.7 Å². The van der Waals surface area contributed by atoms with Gasteiger partial charge in [-0.1, -0.05) is 0 Å². The van der Waals surface area contributed by atoms with Crippen molar-refractivity contribution < 1.29 is 19.7 Å². The third-order valence-electron chi connectivity index (χ3n) is 0.718. The largest absolute Gasteiger partial charge is 0.391 e. The van der Waals surface area contributed by atoms with Crippen LogP contribution in [0.15, 0.2) is 0 Å². The lowest BCUT2D eigenvalue weighted by Crippen LogP contribution is -2.16. The lowest BCUT2D eigenvalue weighted by molar-refractivity contribution is 0.00392. The highest BCUT2D eigenvalue weighted by atomic mass is 16.5. The molecule has 0 aliphatic heterocycles. The van der Waals surface area contributed by atoms with E-state index in [1.54, 1.807) is 28.1 Å². The van der Waals surface area contributed by atoms with Crippen molar-refractivity contribution in [2.75, 3.05) is 27.4 Å². The van der Waals surface area contributed by atoms with Crippen LogP contribution in [0.2, 0.25) is 0 Å². The van der Waals surface area contributed by atoms with E-state index in [1.165, 1.54) is 0 Å². The van der Waals surface area contributed by atoms with Crippen molar-refractivity contribution in [1.82, 2.24) is 0 Å². The zero-order valence-corrected chi connectivity index (χ0v) is 8.28. The minimum absolute atomic E-state index is 0.297. The summed E-state index contributed by atoms with van der Waals surface area (Å²) in [5, 5.41) is 17.3. The molecular weight excluding hydrogens is 160 g/mol. The highest BCUT2D eigenvalue weighted by Gasteiger charge is 1.97. The molecule has 4 nitrogen and oxygen atoms in total. The number of methoxy groups -OCH3 is 1. The molecule has 0 aromatic carbocycles. The topological polar surface area (TPSA) is 58.9 Å². The predicted octanol–water partition coefficient (Wildman–Crippen LogP) is 0.0272. The Hall–Kier alpha value is -0.160. The SMILES string of the molecule is CC(O)COCC(C)O.COC. The van der Waals surface area contributed by atoms with Gasteiger partial charge in [0.2, 0.25) is 0 Å². The number of rotatable bonds is 4. The molecule has 0 aromatic rings. The van der Waals surface area contributed by atoms with Crippen LogP contribution >= 0.6 is 0 Å². The summed E-state index contributed by atoms with van der Waals surface area (Å²) in [5.41, 5.74) is 0. The maximum absolute atomic E-state index is 8.66. The lowest BCUT2D eigenvalue weighted by atomic mass is 10.4. The van der Waals surface area contributed by atoms with E-state index in [2.05, 4.69) is 4.74 Å². The van der Waals surface area contributed by atoms with Crippen molar-refractivity contribution in [2.45, 2.75) is 26.1 Å². The Balaban J connectivity index is 0. The Labute approximate surface area is 74.1 Å². The van der Waals surface area contributed by atoms with Gasteiger partial charge in [0.1, 0.15) is 0 Å². The van der Waals surface area contributed by atoms with Crippen LogP contribution in [-0.4, -0.2) is 49.9 Å². The average molecular weight is 180 g/mol. The maximum atomic E-state index is 8.66. The van der Waals surface area contributed by atoms with Crippen molar-refractivity contribution >= 4 is 0 Å². The molecule has 0 rings (SSSR count). The minimum atomic E-state index is -0.441. The van der Waals surface area contributed by atoms with Crippen LogP contribution in [0, 0.1) is 0 Å². The van der Waals surface area contributed by atoms with Crippen molar-refractivity contribution in [3.05, 3.63) is 0 Å². The summed E-state index contributed by atoms with van der Waals surface area (Å²) in [5.74, 6) is 0. The Morgan fingerprint density at radius 1 is 1.00 bits per heavy atom. The Morgan fingerprint density at radius 3 is 1.42 bits per heavy atom. The van der Waals surface area contributed by atoms with Gasteiger partial charge >= 0.3 is 0 Å². The Bertz CT molecular complexity index is 65.5. The monoisotopic (exact) mass is 180 g/mol. The van der Waals surface area contributed by atoms with Crippen LogP contribution in [0.1, 0.15) is 13.8 Å². The zero-order chi connectivity index (χ0) is 9.98. The van der Waals surface area contributed by atoms with Crippen LogP contribution in [0.25, 0.3) is 0 Å². The molecule has 0 radical (unpaired) electrons. The summed E-state index contributed by atoms with van der Waals surface area (Å²) in [4.78, 5) is 0. The summed E-state index contributed by atoms with van der Waals surface area (Å²) in [6.07, 6.45) is -0.882. The van der Waals surface area contributed by atoms with E-state index in [0.29, 0.717) is 13.2 Å². The van der Waals surface area contributed by atoms with Gasteiger partial charge in [-0.25, -0.2) is 0 Å². The van der Waals surface area contributed by atoms with Crippen LogP contribution in [-0.2, 0) is 9.47 Å². The van der Waals surface area contributed by atoms with E-state index in [4.69, 9.17) is 14.9 Å². The third-order valence-corrected chi connectivity index (χ3v) is 0.718. The molecule has 0 spiro atoms. The minimum Gasteiger partial charge on any atom is -0.391 e. The summed E-state index contributed by atoms with van der Waals surface area (Å²) < 4.78 is 9.11. The Morgan fingerprint density at radius 2 is 1.25 bits per heavy atom. The van der Waals surface area contributed by atoms with Crippen molar-refractivity contribution in [3.63, 3.8) is 0 Å². The average Bonchev–Trinajstić information content (AvgIpc) is 1.87. The molecule has 0 fully saturated rings. The first-order valence-corrected chi connectivity index (χ1v) is 3.88. The molecule has 12 heavy (non-hydrogen) atoms. The van der Waals surface area contributed by atoms with Crippen molar-refractivity contribution in [2.24, 2.45) is 0 Å². The number of hydrogen-bond donors (Lipinski definition) is 2. The molecule has 0 aromatic heterocycles. The summed E-state index contributed by atoms with van der Waals surface area (Å²) in [6.45, 7) is 3.87. The standard InChI is InChI=1S/C6H14O3.C2H6O/c1-5(7)3-9-4-6(2)8;1-3-2/h5-8H,3-4H2,1-2H3;1-2H3. The molecular formula is C8H20O4. The van der Waals surface area contributed by atoms with Gasteiger partial charge in [0.25, 0.3) is 0 Å². The second-order valence-corrected chi connectivity index (χ2v) is 2.64. The van der Waals surface area contributed by atoms with E-state index in [0.717, 1.165) is 0 Å². The predicted molar refractivity (Wildman–Crippen MR) is 47.1 cm³/mol. The third kappa shape index (κ3) is 22.5. The van der Waals surface area contributed by atoms with Gasteiger partial charge in [0.15, 0.2) is 0 Å². The van der Waals surface area contributed by atoms with Gasteiger partial charge in [0, 0.05) is 14.2 Å². The summed E-state index contributed by atoms with van der Waals surface area (Å²) >= 11 is 0. The molecule has 4 heteroatoms. The summed E-state index contributed by atoms with van der Waals surface area (Å²) in [7, 11) is 3.25. The highest BCUT2D eigenvalue weighted by Crippen LogP contribution is 1.85. The molecule has 0 heterocycles. The number of aliphatic hydroxyl groups is 2. The fourth-order valence-electron chi connectivity index (χ4n) is 0.409. The molecule has 0 saturated carbocycles. The second kappa shape index (κ2) is 10.8. The first-order valence-electron chi connectivity index (χ1n) is 3.88. The second-order valence-electron chi connectivity index (χ2n) is 2.64. The molecule has 0 aliphatic carbocycles. The molecule has 0 saturated heterocycles.